The Bertz CT molecular complexity index is 1380. The van der Waals surface area contributed by atoms with Gasteiger partial charge in [0.2, 0.25) is 5.95 Å². The van der Waals surface area contributed by atoms with Gasteiger partial charge in [-0.05, 0) is 10.6 Å². The first-order valence-corrected chi connectivity index (χ1v) is 13.1. The van der Waals surface area contributed by atoms with Gasteiger partial charge in [0, 0.05) is 4.91 Å². The summed E-state index contributed by atoms with van der Waals surface area (Å²) in [6, 6.07) is 0. The van der Waals surface area contributed by atoms with Gasteiger partial charge in [0.15, 0.2) is 11.2 Å². The molecule has 2 unspecified atom stereocenters. The number of rotatable bonds is 9. The fourth-order valence-electron chi connectivity index (χ4n) is 2.95. The highest BCUT2D eigenvalue weighted by Gasteiger charge is 2.57. The number of nitrogens with zero attached hydrogens (tertiary/aromatic N) is 6. The fourth-order valence-corrected chi connectivity index (χ4v) is 5.98. The molecule has 35 heavy (non-hydrogen) atoms. The second-order valence-corrected chi connectivity index (χ2v) is 11.0. The van der Waals surface area contributed by atoms with Crippen molar-refractivity contribution in [2.24, 2.45) is 5.11 Å². The minimum absolute atomic E-state index is 0.339. The van der Waals surface area contributed by atoms with Crippen molar-refractivity contribution in [3.63, 3.8) is 0 Å². The number of hydrogen-bond acceptors (Lipinski definition) is 14. The third-order valence-corrected chi connectivity index (χ3v) is 7.99. The number of azide groups is 1. The highest BCUT2D eigenvalue weighted by molar-refractivity contribution is 7.66. The van der Waals surface area contributed by atoms with Crippen molar-refractivity contribution in [3.8, 4) is 0 Å². The average Bonchev–Trinajstić information content (AvgIpc) is 3.20. The SMILES string of the molecule is [N-]=[N+]=N[C@@]1(n2cnc3c(=O)[nH]c(N)nc32)O[C@H](COP(=O)(O)OP(=O)(O)OP(=O)(O)O)[C@@H](O)[C@H]1O. The van der Waals surface area contributed by atoms with Crippen molar-refractivity contribution in [1.82, 2.24) is 19.5 Å². The summed E-state index contributed by atoms with van der Waals surface area (Å²) in [7, 11) is -17.1. The van der Waals surface area contributed by atoms with Crippen molar-refractivity contribution >= 4 is 40.6 Å². The van der Waals surface area contributed by atoms with Crippen LogP contribution in [-0.4, -0.2) is 74.2 Å². The molecule has 1 aliphatic heterocycles. The Hall–Kier alpha value is -2.25. The molecule has 0 saturated carbocycles. The van der Waals surface area contributed by atoms with E-state index in [4.69, 9.17) is 25.8 Å². The van der Waals surface area contributed by atoms with Gasteiger partial charge in [-0.1, -0.05) is 0 Å². The summed E-state index contributed by atoms with van der Waals surface area (Å²) >= 11 is 0. The van der Waals surface area contributed by atoms with Crippen molar-refractivity contribution in [3.05, 3.63) is 27.1 Å². The quantitative estimate of drug-likeness (QED) is 0.0712. The van der Waals surface area contributed by atoms with E-state index in [1.165, 1.54) is 0 Å². The molecule has 1 aliphatic rings. The third-order valence-electron chi connectivity index (χ3n) is 4.19. The summed E-state index contributed by atoms with van der Waals surface area (Å²) in [6.45, 7) is -1.20. The van der Waals surface area contributed by atoms with Gasteiger partial charge in [0.1, 0.15) is 18.3 Å². The number of phosphoric ester groups is 1. The lowest BCUT2D eigenvalue weighted by molar-refractivity contribution is -0.140. The Kier molecular flexibility index (Phi) is 7.28. The number of ether oxygens (including phenoxy) is 1. The van der Waals surface area contributed by atoms with E-state index in [0.29, 0.717) is 0 Å². The standard InChI is InChI=1S/C10H15N8O14P3/c11-9-14-7-4(8(21)15-9)13-2-18(7)10(16-17-12)6(20)5(19)3(30-10)1-29-34(25,26)32-35(27,28)31-33(22,23)24/h2-3,5-6,19-20H,1H2,(H,25,26)(H,27,28)(H2,22,23,24)(H3,11,14,15,21)/t3-,5-,6-,10+/m1/s1. The maximum atomic E-state index is 12.0. The largest absolute Gasteiger partial charge is 0.490 e. The van der Waals surface area contributed by atoms with E-state index in [2.05, 4.69) is 38.1 Å². The van der Waals surface area contributed by atoms with Gasteiger partial charge >= 0.3 is 23.5 Å². The Balaban J connectivity index is 1.88. The summed E-state index contributed by atoms with van der Waals surface area (Å²) in [5.74, 6) is -3.00. The lowest BCUT2D eigenvalue weighted by atomic mass is 10.1. The Morgan fingerprint density at radius 3 is 2.51 bits per heavy atom. The van der Waals surface area contributed by atoms with Gasteiger partial charge in [-0.15, -0.1) is 0 Å². The van der Waals surface area contributed by atoms with E-state index < -0.39 is 65.7 Å². The van der Waals surface area contributed by atoms with Gasteiger partial charge in [0.05, 0.1) is 12.9 Å². The van der Waals surface area contributed by atoms with Crippen molar-refractivity contribution in [2.75, 3.05) is 12.3 Å². The van der Waals surface area contributed by atoms with E-state index in [9.17, 15) is 38.5 Å². The molecule has 1 fully saturated rings. The summed E-state index contributed by atoms with van der Waals surface area (Å²) in [4.78, 5) is 60.0. The number of nitrogens with two attached hydrogens (primary N) is 1. The van der Waals surface area contributed by atoms with Crippen LogP contribution in [0.3, 0.4) is 0 Å². The van der Waals surface area contributed by atoms with Crippen LogP contribution in [0.15, 0.2) is 16.2 Å². The molecule has 2 aromatic rings. The molecular weight excluding hydrogens is 549 g/mol. The van der Waals surface area contributed by atoms with Crippen molar-refractivity contribution in [1.29, 1.82) is 0 Å². The lowest BCUT2D eigenvalue weighted by Gasteiger charge is -2.28. The van der Waals surface area contributed by atoms with E-state index in [-0.39, 0.29) is 11.2 Å². The predicted octanol–water partition coefficient (Wildman–Crippen LogP) is -1.91. The second kappa shape index (κ2) is 9.32. The number of hydrogen-bond donors (Lipinski definition) is 8. The Morgan fingerprint density at radius 1 is 1.26 bits per heavy atom. The second-order valence-electron chi connectivity index (χ2n) is 6.56. The lowest BCUT2D eigenvalue weighted by Crippen LogP contribution is -2.43. The number of fused-ring (bicyclic) bond motifs is 1. The number of nitrogen functional groups attached to an aromatic ring is 1. The maximum Gasteiger partial charge on any atom is 0.490 e. The molecule has 0 amide bonds. The number of H-pyrrole nitrogens is 1. The smallest absolute Gasteiger partial charge is 0.387 e. The van der Waals surface area contributed by atoms with Crippen LogP contribution in [0.2, 0.25) is 0 Å². The van der Waals surface area contributed by atoms with E-state index in [1.807, 2.05) is 0 Å². The third kappa shape index (κ3) is 5.78. The van der Waals surface area contributed by atoms with Crippen molar-refractivity contribution < 1.29 is 61.4 Å². The molecule has 0 aliphatic carbocycles. The maximum absolute atomic E-state index is 12.0. The minimum Gasteiger partial charge on any atom is -0.387 e. The van der Waals surface area contributed by atoms with E-state index in [1.54, 1.807) is 0 Å². The molecule has 3 rings (SSSR count). The molecule has 194 valence electrons. The van der Waals surface area contributed by atoms with Crippen LogP contribution in [0.5, 0.6) is 0 Å². The molecule has 9 N–H and O–H groups in total. The summed E-state index contributed by atoms with van der Waals surface area (Å²) < 4.78 is 51.6. The zero-order chi connectivity index (χ0) is 26.4. The molecule has 1 saturated heterocycles. The first-order chi connectivity index (χ1) is 16.0. The molecule has 0 bridgehead atoms. The number of nitrogens with one attached hydrogen (secondary N) is 1. The van der Waals surface area contributed by atoms with Gasteiger partial charge in [0.25, 0.3) is 11.4 Å². The topological polar surface area (TPSA) is 348 Å². The van der Waals surface area contributed by atoms with Gasteiger partial charge < -0.3 is 40.3 Å². The van der Waals surface area contributed by atoms with E-state index >= 15 is 0 Å². The first-order valence-electron chi connectivity index (χ1n) is 8.62. The summed E-state index contributed by atoms with van der Waals surface area (Å²) in [5, 5.41) is 24.2. The number of aliphatic hydroxyl groups is 2. The Morgan fingerprint density at radius 2 is 1.91 bits per heavy atom. The van der Waals surface area contributed by atoms with Crippen LogP contribution >= 0.6 is 23.5 Å². The molecule has 0 spiro atoms. The van der Waals surface area contributed by atoms with Gasteiger partial charge in [-0.2, -0.15) is 13.6 Å². The van der Waals surface area contributed by atoms with Crippen LogP contribution in [0, 0.1) is 0 Å². The van der Waals surface area contributed by atoms with Crippen LogP contribution < -0.4 is 11.3 Å². The molecule has 3 heterocycles. The molecule has 6 atom stereocenters. The van der Waals surface area contributed by atoms with Crippen LogP contribution in [0.25, 0.3) is 21.6 Å². The number of anilines is 1. The first kappa shape index (κ1) is 27.3. The number of phosphoric acid groups is 3. The summed E-state index contributed by atoms with van der Waals surface area (Å²) in [6.07, 6.45) is -5.16. The number of imidazole rings is 1. The molecule has 0 aromatic carbocycles. The van der Waals surface area contributed by atoms with Crippen LogP contribution in [0.4, 0.5) is 5.95 Å². The van der Waals surface area contributed by atoms with Crippen LogP contribution in [-0.2, 0) is 37.4 Å². The highest BCUT2D eigenvalue weighted by Crippen LogP contribution is 2.66. The summed E-state index contributed by atoms with van der Waals surface area (Å²) in [5.41, 5.74) is 13.0. The van der Waals surface area contributed by atoms with Crippen molar-refractivity contribution in [2.45, 2.75) is 24.2 Å². The monoisotopic (exact) mass is 564 g/mol. The highest BCUT2D eigenvalue weighted by atomic mass is 31.3. The fraction of sp³-hybridized carbons (Fsp3) is 0.500. The molecule has 25 heteroatoms. The Labute approximate surface area is 191 Å². The predicted molar refractivity (Wildman–Crippen MR) is 106 cm³/mol. The molecule has 2 aromatic heterocycles. The molecule has 22 nitrogen and oxygen atoms in total. The average molecular weight is 564 g/mol. The minimum atomic E-state index is -5.82. The zero-order valence-electron chi connectivity index (χ0n) is 16.6. The zero-order valence-corrected chi connectivity index (χ0v) is 19.3. The molecule has 0 radical (unpaired) electrons. The number of aromatic nitrogens is 4. The normalized spacial score (nSPS) is 28.3. The van der Waals surface area contributed by atoms with Gasteiger partial charge in [-0.3, -0.25) is 18.9 Å². The van der Waals surface area contributed by atoms with Gasteiger partial charge in [-0.25, -0.2) is 18.7 Å². The molecular formula is C10H15N8O14P3. The number of aliphatic hydroxyl groups excluding tert-OH is 2. The van der Waals surface area contributed by atoms with Crippen LogP contribution in [0.1, 0.15) is 0 Å². The number of aromatic amines is 1. The van der Waals surface area contributed by atoms with E-state index in [0.717, 1.165) is 10.9 Å².